The molecule has 1 aromatic carbocycles. The quantitative estimate of drug-likeness (QED) is 0.611. The van der Waals surface area contributed by atoms with Gasteiger partial charge in [0.05, 0.1) is 29.9 Å². The maximum absolute atomic E-state index is 14.6. The van der Waals surface area contributed by atoms with Crippen molar-refractivity contribution in [2.24, 2.45) is 5.92 Å². The number of aromatic hydroxyl groups is 1. The molecule has 10 heteroatoms. The van der Waals surface area contributed by atoms with E-state index in [0.717, 1.165) is 5.69 Å². The number of nitrogens with one attached hydrogen (secondary N) is 1. The molecule has 3 aromatic rings. The van der Waals surface area contributed by atoms with E-state index < -0.39 is 23.6 Å². The Morgan fingerprint density at radius 2 is 2.12 bits per heavy atom. The first-order valence-corrected chi connectivity index (χ1v) is 10.6. The number of phenols is 1. The minimum absolute atomic E-state index is 0.0217. The summed E-state index contributed by atoms with van der Waals surface area (Å²) in [4.78, 5) is 8.38. The van der Waals surface area contributed by atoms with Gasteiger partial charge in [-0.2, -0.15) is 0 Å². The summed E-state index contributed by atoms with van der Waals surface area (Å²) in [5.41, 5.74) is 0.773. The summed E-state index contributed by atoms with van der Waals surface area (Å²) in [7, 11) is 1.52. The summed E-state index contributed by atoms with van der Waals surface area (Å²) in [6, 6.07) is 4.66. The topological polar surface area (TPSA) is 98.0 Å². The standard InChI is InChI=1S/C23H24F2N6O2/c1-13(16-9-22(2)23(24,25)10-17(28-22)20(16)33-3)21-27-11-18(29-30-21)15-5-4-14(8-19(15)32)31-7-6-26-12-31/h4-8,11-12,16-17,20,28,32H,1,9-10H2,2-3H3/t16-,17?,20-,22-/m1/s1. The minimum atomic E-state index is -2.84. The van der Waals surface area contributed by atoms with Crippen LogP contribution < -0.4 is 5.32 Å². The highest BCUT2D eigenvalue weighted by atomic mass is 19.3. The molecule has 2 N–H and O–H groups in total. The van der Waals surface area contributed by atoms with Crippen LogP contribution in [0.15, 0.2) is 49.7 Å². The van der Waals surface area contributed by atoms with E-state index in [9.17, 15) is 13.9 Å². The van der Waals surface area contributed by atoms with Crippen molar-refractivity contribution in [3.63, 3.8) is 0 Å². The van der Waals surface area contributed by atoms with Crippen molar-refractivity contribution in [3.05, 3.63) is 55.5 Å². The number of rotatable bonds is 5. The van der Waals surface area contributed by atoms with Crippen molar-refractivity contribution in [3.8, 4) is 22.7 Å². The molecule has 2 fully saturated rings. The summed E-state index contributed by atoms with van der Waals surface area (Å²) in [5.74, 6) is -2.93. The number of alkyl halides is 2. The molecule has 1 unspecified atom stereocenters. The summed E-state index contributed by atoms with van der Waals surface area (Å²) >= 11 is 0. The third-order valence-electron chi connectivity index (χ3n) is 6.84. The molecular formula is C23H24F2N6O2. The number of hydrogen-bond acceptors (Lipinski definition) is 7. The molecule has 0 saturated carbocycles. The molecule has 2 bridgehead atoms. The van der Waals surface area contributed by atoms with Crippen LogP contribution in [0.25, 0.3) is 22.5 Å². The largest absolute Gasteiger partial charge is 0.507 e. The molecule has 8 nitrogen and oxygen atoms in total. The smallest absolute Gasteiger partial charge is 0.267 e. The normalized spacial score (nSPS) is 28.1. The predicted octanol–water partition coefficient (Wildman–Crippen LogP) is 3.23. The van der Waals surface area contributed by atoms with Crippen molar-refractivity contribution in [2.45, 2.75) is 43.4 Å². The van der Waals surface area contributed by atoms with Gasteiger partial charge in [-0.1, -0.05) is 6.58 Å². The molecule has 33 heavy (non-hydrogen) atoms. The van der Waals surface area contributed by atoms with Gasteiger partial charge in [-0.3, -0.25) is 0 Å². The molecule has 2 aliphatic rings. The molecule has 172 valence electrons. The number of imidazole rings is 1. The minimum Gasteiger partial charge on any atom is -0.507 e. The third-order valence-corrected chi connectivity index (χ3v) is 6.84. The van der Waals surface area contributed by atoms with Gasteiger partial charge in [-0.25, -0.2) is 18.7 Å². The third kappa shape index (κ3) is 3.50. The lowest BCUT2D eigenvalue weighted by atomic mass is 9.78. The zero-order valence-electron chi connectivity index (χ0n) is 18.2. The van der Waals surface area contributed by atoms with E-state index in [-0.39, 0.29) is 30.3 Å². The Balaban J connectivity index is 1.39. The van der Waals surface area contributed by atoms with E-state index in [1.165, 1.54) is 20.2 Å². The number of ether oxygens (including phenoxy) is 1. The van der Waals surface area contributed by atoms with Crippen LogP contribution in [0.5, 0.6) is 5.75 Å². The highest BCUT2D eigenvalue weighted by Gasteiger charge is 2.64. The second-order valence-electron chi connectivity index (χ2n) is 8.87. The summed E-state index contributed by atoms with van der Waals surface area (Å²) in [6.07, 6.45) is 5.94. The molecule has 2 aromatic heterocycles. The lowest BCUT2D eigenvalue weighted by Gasteiger charge is -2.42. The molecular weight excluding hydrogens is 430 g/mol. The van der Waals surface area contributed by atoms with Crippen LogP contribution in [0.4, 0.5) is 8.78 Å². The van der Waals surface area contributed by atoms with Crippen LogP contribution in [-0.2, 0) is 4.74 Å². The predicted molar refractivity (Wildman–Crippen MR) is 117 cm³/mol. The van der Waals surface area contributed by atoms with E-state index in [1.807, 2.05) is 6.07 Å². The Morgan fingerprint density at radius 1 is 1.30 bits per heavy atom. The number of hydrogen-bond donors (Lipinski definition) is 2. The zero-order chi connectivity index (χ0) is 23.4. The Morgan fingerprint density at radius 3 is 2.76 bits per heavy atom. The molecule has 5 rings (SSSR count). The first kappa shape index (κ1) is 21.6. The van der Waals surface area contributed by atoms with Gasteiger partial charge in [-0.05, 0) is 31.1 Å². The highest BCUT2D eigenvalue weighted by molar-refractivity contribution is 5.68. The molecule has 0 aliphatic carbocycles. The number of piperidine rings is 1. The van der Waals surface area contributed by atoms with Crippen LogP contribution in [0.3, 0.4) is 0 Å². The van der Waals surface area contributed by atoms with Crippen molar-refractivity contribution in [1.82, 2.24) is 30.0 Å². The molecule has 2 aliphatic heterocycles. The second-order valence-corrected chi connectivity index (χ2v) is 8.87. The van der Waals surface area contributed by atoms with Crippen molar-refractivity contribution >= 4 is 5.57 Å². The van der Waals surface area contributed by atoms with Gasteiger partial charge in [0.15, 0.2) is 5.82 Å². The van der Waals surface area contributed by atoms with Crippen molar-refractivity contribution in [2.75, 3.05) is 7.11 Å². The summed E-state index contributed by atoms with van der Waals surface area (Å²) in [5, 5.41) is 21.9. The Kier molecular flexibility index (Phi) is 5.02. The van der Waals surface area contributed by atoms with Crippen LogP contribution in [0.2, 0.25) is 0 Å². The number of phenolic OH excluding ortho intramolecular Hbond substituents is 1. The first-order valence-electron chi connectivity index (χ1n) is 10.6. The SMILES string of the molecule is C=C(c1ncc(-c2ccc(-n3ccnc3)cc2O)nn1)[C@H]1C[C@@]2(C)NC(CC2(F)F)[C@@H]1OC. The molecule has 0 radical (unpaired) electrons. The molecule has 0 spiro atoms. The van der Waals surface area contributed by atoms with Gasteiger partial charge in [0, 0.05) is 49.5 Å². The van der Waals surface area contributed by atoms with Gasteiger partial charge in [-0.15, -0.1) is 10.2 Å². The van der Waals surface area contributed by atoms with E-state index in [2.05, 4.69) is 32.1 Å². The van der Waals surface area contributed by atoms with Crippen LogP contribution in [-0.4, -0.2) is 60.6 Å². The van der Waals surface area contributed by atoms with Crippen LogP contribution in [0.1, 0.15) is 25.6 Å². The number of nitrogens with zero attached hydrogens (tertiary/aromatic N) is 5. The Hall–Kier alpha value is -3.24. The number of aromatic nitrogens is 5. The van der Waals surface area contributed by atoms with Crippen LogP contribution in [0, 0.1) is 5.92 Å². The van der Waals surface area contributed by atoms with Crippen LogP contribution >= 0.6 is 0 Å². The second kappa shape index (κ2) is 7.67. The van der Waals surface area contributed by atoms with E-state index in [4.69, 9.17) is 4.74 Å². The van der Waals surface area contributed by atoms with Gasteiger partial charge in [0.2, 0.25) is 0 Å². The maximum Gasteiger partial charge on any atom is 0.267 e. The van der Waals surface area contributed by atoms with Gasteiger partial charge in [0.1, 0.15) is 11.4 Å². The zero-order valence-corrected chi connectivity index (χ0v) is 18.2. The average Bonchev–Trinajstić information content (AvgIpc) is 3.38. The number of halogens is 2. The lowest BCUT2D eigenvalue weighted by molar-refractivity contribution is -0.0630. The molecule has 4 atom stereocenters. The molecule has 2 saturated heterocycles. The van der Waals surface area contributed by atoms with E-state index in [1.54, 1.807) is 35.4 Å². The maximum atomic E-state index is 14.6. The highest BCUT2D eigenvalue weighted by Crippen LogP contribution is 2.51. The molecule has 4 heterocycles. The van der Waals surface area contributed by atoms with Crippen molar-refractivity contribution < 1.29 is 18.6 Å². The fraction of sp³-hybridized carbons (Fsp3) is 0.391. The fourth-order valence-electron chi connectivity index (χ4n) is 4.98. The monoisotopic (exact) mass is 454 g/mol. The summed E-state index contributed by atoms with van der Waals surface area (Å²) < 4.78 is 36.6. The number of methoxy groups -OCH3 is 1. The van der Waals surface area contributed by atoms with E-state index >= 15 is 0 Å². The number of fused-ring (bicyclic) bond motifs is 2. The first-order chi connectivity index (χ1) is 15.7. The van der Waals surface area contributed by atoms with Gasteiger partial charge in [0.25, 0.3) is 5.92 Å². The Labute approximate surface area is 189 Å². The Bertz CT molecular complexity index is 1180. The van der Waals surface area contributed by atoms with Crippen molar-refractivity contribution in [1.29, 1.82) is 0 Å². The van der Waals surface area contributed by atoms with E-state index in [0.29, 0.717) is 16.8 Å². The number of benzene rings is 1. The van der Waals surface area contributed by atoms with Gasteiger partial charge < -0.3 is 19.7 Å². The fourth-order valence-corrected chi connectivity index (χ4v) is 4.98. The summed E-state index contributed by atoms with van der Waals surface area (Å²) in [6.45, 7) is 5.65. The molecule has 0 amide bonds. The average molecular weight is 454 g/mol. The van der Waals surface area contributed by atoms with Gasteiger partial charge >= 0.3 is 0 Å². The lowest BCUT2D eigenvalue weighted by Crippen LogP contribution is -2.59.